The highest BCUT2D eigenvalue weighted by molar-refractivity contribution is 6.52. The van der Waals surface area contributed by atoms with E-state index in [4.69, 9.17) is 52.1 Å². The Labute approximate surface area is 422 Å². The van der Waals surface area contributed by atoms with Gasteiger partial charge in [0.1, 0.15) is 98.0 Å². The van der Waals surface area contributed by atoms with Crippen molar-refractivity contribution in [3.63, 3.8) is 0 Å². The Morgan fingerprint density at radius 1 is 0.280 bits per heavy atom. The van der Waals surface area contributed by atoms with Gasteiger partial charge in [0, 0.05) is 16.3 Å². The molecular weight excluding hydrogens is 973 g/mol. The summed E-state index contributed by atoms with van der Waals surface area (Å²) >= 11 is 0. The van der Waals surface area contributed by atoms with Crippen molar-refractivity contribution < 1.29 is 91.9 Å². The first kappa shape index (κ1) is 47.2. The van der Waals surface area contributed by atoms with E-state index in [1.54, 1.807) is 0 Å². The van der Waals surface area contributed by atoms with Crippen LogP contribution < -0.4 is 32.8 Å². The first-order valence-corrected chi connectivity index (χ1v) is 21.2. The largest absolute Gasteiger partial charge is 0.508 e. The van der Waals surface area contributed by atoms with Gasteiger partial charge in [-0.25, -0.2) is 4.98 Å². The van der Waals surface area contributed by atoms with Crippen molar-refractivity contribution in [1.29, 1.82) is 0 Å². The van der Waals surface area contributed by atoms with Crippen molar-refractivity contribution in [2.75, 3.05) is 0 Å². The average Bonchev–Trinajstić information content (AvgIpc) is 4.10. The van der Waals surface area contributed by atoms with Gasteiger partial charge in [0.2, 0.25) is 17.2 Å². The third-order valence-electron chi connectivity index (χ3n) is 13.4. The molecule has 0 saturated carbocycles. The van der Waals surface area contributed by atoms with Crippen LogP contribution in [0, 0.1) is 0 Å². The second-order valence-electron chi connectivity index (χ2n) is 17.2. The Hall–Kier alpha value is -10.1. The molecule has 18 N–H and O–H groups in total. The van der Waals surface area contributed by atoms with Gasteiger partial charge < -0.3 is 96.5 Å². The van der Waals surface area contributed by atoms with Gasteiger partial charge >= 0.3 is 0 Å². The van der Waals surface area contributed by atoms with E-state index in [0.717, 1.165) is 25.8 Å². The summed E-state index contributed by atoms with van der Waals surface area (Å²) in [5.74, 6) is -21.8. The first-order valence-electron chi connectivity index (χ1n) is 21.2. The molecule has 0 aliphatic heterocycles. The summed E-state index contributed by atoms with van der Waals surface area (Å²) < 4.78 is 2.65. The molecule has 11 aromatic rings. The molecule has 22 nitrogen and oxygen atoms in total. The second kappa shape index (κ2) is 15.2. The normalized spacial score (nSPS) is 11.9. The summed E-state index contributed by atoms with van der Waals surface area (Å²) in [7, 11) is 37.7. The number of rotatable bonds is 4. The monoisotopic (exact) mass is 998 g/mol. The number of fused-ring (bicyclic) bond motifs is 9. The van der Waals surface area contributed by atoms with E-state index in [0.29, 0.717) is 0 Å². The minimum absolute atomic E-state index is 0.124. The summed E-state index contributed by atoms with van der Waals surface area (Å²) in [6.45, 7) is 0. The summed E-state index contributed by atoms with van der Waals surface area (Å²) in [6, 6.07) is 7.77. The molecule has 0 unspecified atom stereocenters. The van der Waals surface area contributed by atoms with Crippen molar-refractivity contribution in [1.82, 2.24) is 18.7 Å². The molecular formula is C47H24B6N4O18. The lowest BCUT2D eigenvalue weighted by molar-refractivity contribution is 0.350. The van der Waals surface area contributed by atoms with Crippen LogP contribution in [-0.4, -0.2) is 158 Å². The molecule has 0 aliphatic carbocycles. The third-order valence-corrected chi connectivity index (χ3v) is 13.4. The van der Waals surface area contributed by atoms with Crippen LogP contribution in [0.1, 0.15) is 0 Å². The Morgan fingerprint density at radius 2 is 0.600 bits per heavy atom. The van der Waals surface area contributed by atoms with Crippen molar-refractivity contribution in [3.05, 3.63) is 36.4 Å². The maximum absolute atomic E-state index is 11.8. The number of nitrogens with zero attached hydrogens (tertiary/aromatic N) is 4. The average molecular weight is 998 g/mol. The van der Waals surface area contributed by atoms with Crippen LogP contribution in [0.4, 0.5) is 0 Å². The minimum Gasteiger partial charge on any atom is -0.508 e. The fraction of sp³-hybridized carbons (Fsp3) is 0. The van der Waals surface area contributed by atoms with Crippen LogP contribution in [0.5, 0.6) is 103 Å². The number of para-hydroxylation sites is 1. The third kappa shape index (κ3) is 5.61. The molecule has 0 amide bonds. The summed E-state index contributed by atoms with van der Waals surface area (Å²) in [4.78, 5) is 4.76. The Balaban J connectivity index is 1.41. The van der Waals surface area contributed by atoms with Crippen LogP contribution in [0.3, 0.4) is 0 Å². The number of phenols is 18. The minimum atomic E-state index is -1.31. The topological polar surface area (TPSA) is 392 Å². The van der Waals surface area contributed by atoms with Crippen molar-refractivity contribution in [2.24, 2.45) is 0 Å². The zero-order valence-electron chi connectivity index (χ0n) is 37.3. The molecule has 358 valence electrons. The van der Waals surface area contributed by atoms with Gasteiger partial charge in [-0.05, 0) is 56.5 Å². The highest BCUT2D eigenvalue weighted by Gasteiger charge is 2.35. The van der Waals surface area contributed by atoms with Gasteiger partial charge in [-0.15, -0.1) is 0 Å². The highest BCUT2D eigenvalue weighted by atomic mass is 16.4. The van der Waals surface area contributed by atoms with Crippen LogP contribution in [0.25, 0.3) is 93.9 Å². The molecule has 7 aromatic carbocycles. The van der Waals surface area contributed by atoms with Crippen LogP contribution in [-0.2, 0) is 0 Å². The van der Waals surface area contributed by atoms with E-state index in [1.807, 2.05) is 0 Å². The van der Waals surface area contributed by atoms with Gasteiger partial charge in [-0.1, -0.05) is 18.2 Å². The van der Waals surface area contributed by atoms with E-state index in [1.165, 1.54) is 24.3 Å². The van der Waals surface area contributed by atoms with Crippen molar-refractivity contribution in [2.45, 2.75) is 0 Å². The lowest BCUT2D eigenvalue weighted by atomic mass is 9.82. The number of benzene rings is 7. The molecule has 11 rings (SSSR count). The fourth-order valence-corrected chi connectivity index (χ4v) is 9.92. The van der Waals surface area contributed by atoms with Gasteiger partial charge in [0.25, 0.3) is 0 Å². The lowest BCUT2D eigenvalue weighted by Crippen LogP contribution is -2.17. The zero-order chi connectivity index (χ0) is 54.4. The maximum atomic E-state index is 11.8. The number of hydrogen-bond acceptors (Lipinski definition) is 19. The van der Waals surface area contributed by atoms with E-state index >= 15 is 0 Å². The molecule has 28 heteroatoms. The molecule has 0 atom stereocenters. The molecule has 4 aromatic heterocycles. The second-order valence-corrected chi connectivity index (χ2v) is 17.2. The van der Waals surface area contributed by atoms with E-state index in [2.05, 4.69) is 0 Å². The summed E-state index contributed by atoms with van der Waals surface area (Å²) in [5, 5.41) is 199. The number of aromatic nitrogens is 4. The van der Waals surface area contributed by atoms with Crippen molar-refractivity contribution in [3.8, 4) is 132 Å². The van der Waals surface area contributed by atoms with Crippen LogP contribution >= 0.6 is 0 Å². The van der Waals surface area contributed by atoms with Crippen LogP contribution in [0.2, 0.25) is 0 Å². The van der Waals surface area contributed by atoms with Gasteiger partial charge in [0.15, 0.2) is 69.0 Å². The molecule has 0 bridgehead atoms. The standard InChI is InChI=1S/C47H24B6N4O18/c48-18-12-14-29(41(69)40(68)22(52)30(14)58)56(24(12)20(50)37(65)35(18)63)10-5-7(6-11(54-10)57-26-13(19(49)36(64)46(74)42(26)70)15-27(57)34(62)23(53)39(67)31(15)59)8-3-1-2-4-9(8)55-25-16(32(60)44(72)38(66)21(25)51)17-28(55)43(71)47(75)45(73)33(17)61/h1-6,58-75H. The lowest BCUT2D eigenvalue weighted by Gasteiger charge is -2.20. The zero-order valence-corrected chi connectivity index (χ0v) is 37.3. The first-order chi connectivity index (χ1) is 35.3. The van der Waals surface area contributed by atoms with E-state index in [-0.39, 0.29) is 16.8 Å². The number of phenolic OH excluding ortho intramolecular Hbond substituents is 18. The Bertz CT molecular complexity index is 4140. The van der Waals surface area contributed by atoms with E-state index in [9.17, 15) is 91.9 Å². The maximum Gasteiger partial charge on any atom is 0.206 e. The predicted molar refractivity (Wildman–Crippen MR) is 275 cm³/mol. The molecule has 4 heterocycles. The SMILES string of the molecule is [B]c1c(O)c(O)c2c(c1O)c1c([B])c(O)c(O)c([B])c1n2-c1cc(-c2ccccc2-n2c3c([B])c(O)c(O)c(O)c3c3c(O)c(O)c(O)c(O)c32)cc(-n2c3c(O)c(O)c(O)c([B])c3c3c(O)c(O)c([B])c(O)c32)n1. The Kier molecular flexibility index (Phi) is 9.57. The Morgan fingerprint density at radius 3 is 1.20 bits per heavy atom. The summed E-state index contributed by atoms with van der Waals surface area (Å²) in [6.07, 6.45) is 0. The molecule has 75 heavy (non-hydrogen) atoms. The molecule has 12 radical (unpaired) electrons. The fourth-order valence-electron chi connectivity index (χ4n) is 9.92. The number of pyridine rings is 1. The number of hydrogen-bond donors (Lipinski definition) is 18. The van der Waals surface area contributed by atoms with Gasteiger partial charge in [0.05, 0.1) is 38.3 Å². The molecule has 0 spiro atoms. The molecule has 0 fully saturated rings. The quantitative estimate of drug-likeness (QED) is 0.0600. The summed E-state index contributed by atoms with van der Waals surface area (Å²) in [5.41, 5.74) is -8.78. The molecule has 0 aliphatic rings. The predicted octanol–water partition coefficient (Wildman–Crippen LogP) is -0.496. The van der Waals surface area contributed by atoms with Gasteiger partial charge in [-0.2, -0.15) is 0 Å². The van der Waals surface area contributed by atoms with Gasteiger partial charge in [-0.3, -0.25) is 9.13 Å². The number of aromatic hydroxyl groups is 18. The highest BCUT2D eigenvalue weighted by Crippen LogP contribution is 2.57. The van der Waals surface area contributed by atoms with Crippen LogP contribution in [0.15, 0.2) is 36.4 Å². The van der Waals surface area contributed by atoms with E-state index < -0.39 is 213 Å². The smallest absolute Gasteiger partial charge is 0.206 e. The molecule has 0 saturated heterocycles. The van der Waals surface area contributed by atoms with Crippen molar-refractivity contribution >= 4 is 145 Å².